The van der Waals surface area contributed by atoms with E-state index in [9.17, 15) is 0 Å². The Morgan fingerprint density at radius 3 is 2.43 bits per heavy atom. The largest absolute Gasteiger partial charge is 0.366 e. The standard InChI is InChI=1S/C21H17N4S.C15H18NSi.Ir/c1-11-5-7-15(19-18(11)14-8-6-12(2)23-21(14)26-19)20-24-16-9-13(3)22-10-17(16)25(20)4;1-12-5-7-13(8-6-12)15-10-9-14(11-16-15)17(2,3)4;/h5-6,8-10H,1-4H3;5-7,9-11H,1-4H3;/q2*-1;/i1D3,2D3;1D3;. The number of aryl methyl sites for hydroxylation is 5. The number of fused-ring (bicyclic) bond motifs is 4. The summed E-state index contributed by atoms with van der Waals surface area (Å²) in [5.41, 5.74) is 5.18. The van der Waals surface area contributed by atoms with Crippen LogP contribution in [0.4, 0.5) is 0 Å². The Kier molecular flexibility index (Phi) is 6.23. The van der Waals surface area contributed by atoms with Gasteiger partial charge >= 0.3 is 0 Å². The molecule has 0 unspecified atom stereocenters. The van der Waals surface area contributed by atoms with E-state index in [1.807, 2.05) is 36.9 Å². The summed E-state index contributed by atoms with van der Waals surface area (Å²) in [6.45, 7) is 1.93. The summed E-state index contributed by atoms with van der Waals surface area (Å²) in [6, 6.07) is 21.6. The number of nitrogens with zero attached hydrogens (tertiary/aromatic N) is 5. The van der Waals surface area contributed by atoms with Crippen LogP contribution in [-0.2, 0) is 27.2 Å². The molecule has 0 aliphatic rings. The Balaban J connectivity index is 0.000000223. The summed E-state index contributed by atoms with van der Waals surface area (Å²) < 4.78 is 71.7. The zero-order chi connectivity index (χ0) is 38.0. The number of benzene rings is 2. The van der Waals surface area contributed by atoms with Crippen molar-refractivity contribution in [2.24, 2.45) is 7.05 Å². The minimum atomic E-state index is -2.36. The molecule has 0 aliphatic heterocycles. The van der Waals surface area contributed by atoms with Crippen molar-refractivity contribution in [3.8, 4) is 22.6 Å². The first-order valence-electron chi connectivity index (χ1n) is 18.2. The van der Waals surface area contributed by atoms with Gasteiger partial charge in [0, 0.05) is 62.5 Å². The molecule has 5 aromatic heterocycles. The minimum absolute atomic E-state index is 0. The topological polar surface area (TPSA) is 56.5 Å². The number of pyridine rings is 3. The minimum Gasteiger partial charge on any atom is -0.366 e. The van der Waals surface area contributed by atoms with E-state index in [0.29, 0.717) is 37.3 Å². The molecule has 0 spiro atoms. The molecule has 5 nitrogen and oxygen atoms in total. The number of hydrogen-bond donors (Lipinski definition) is 0. The smallest absolute Gasteiger partial charge is 0.114 e. The van der Waals surface area contributed by atoms with Crippen molar-refractivity contribution in [1.29, 1.82) is 0 Å². The SMILES string of the molecule is [2H]C([2H])([2H])c1c[c-]c(-c2ccc([Si](C)(C)C)cn2)cc1.[2H]C([2H])([2H])c1ccc2c(n1)sc1c(-c3nc4cc(C)ncc4n3C)[c-]cc(C([2H])([2H])[2H])c12.[Ir]. The van der Waals surface area contributed by atoms with Crippen molar-refractivity contribution < 1.29 is 32.4 Å². The molecule has 0 amide bonds. The molecule has 44 heavy (non-hydrogen) atoms. The first-order valence-corrected chi connectivity index (χ1v) is 18.0. The Bertz CT molecular complexity index is 2370. The van der Waals surface area contributed by atoms with Gasteiger partial charge in [-0.05, 0) is 41.5 Å². The molecule has 0 aliphatic carbocycles. The van der Waals surface area contributed by atoms with E-state index in [1.54, 1.807) is 24.4 Å². The fourth-order valence-electron chi connectivity index (χ4n) is 4.86. The van der Waals surface area contributed by atoms with E-state index in [4.69, 9.17) is 17.3 Å². The monoisotopic (exact) mass is 799 g/mol. The Morgan fingerprint density at radius 2 is 1.75 bits per heavy atom. The van der Waals surface area contributed by atoms with Gasteiger partial charge in [0.25, 0.3) is 0 Å². The first kappa shape index (κ1) is 22.0. The quantitative estimate of drug-likeness (QED) is 0.133. The van der Waals surface area contributed by atoms with Crippen LogP contribution in [0.3, 0.4) is 0 Å². The molecule has 2 aromatic carbocycles. The van der Waals surface area contributed by atoms with Crippen LogP contribution < -0.4 is 5.19 Å². The van der Waals surface area contributed by atoms with Crippen LogP contribution in [0, 0.1) is 39.6 Å². The van der Waals surface area contributed by atoms with Crippen LogP contribution in [0.2, 0.25) is 19.6 Å². The summed E-state index contributed by atoms with van der Waals surface area (Å²) in [5.74, 6) is 0.622. The van der Waals surface area contributed by atoms with E-state index in [2.05, 4.69) is 52.8 Å². The van der Waals surface area contributed by atoms with Gasteiger partial charge in [-0.2, -0.15) is 11.3 Å². The van der Waals surface area contributed by atoms with Gasteiger partial charge in [0.2, 0.25) is 0 Å². The number of hydrogen-bond acceptors (Lipinski definition) is 5. The van der Waals surface area contributed by atoms with Gasteiger partial charge in [0.15, 0.2) is 0 Å². The molecule has 0 saturated carbocycles. The second-order valence-corrected chi connectivity index (χ2v) is 17.5. The molecule has 225 valence electrons. The zero-order valence-corrected chi connectivity index (χ0v) is 29.0. The van der Waals surface area contributed by atoms with E-state index < -0.39 is 28.6 Å². The summed E-state index contributed by atoms with van der Waals surface area (Å²) >= 11 is 1.25. The maximum Gasteiger partial charge on any atom is 0.114 e. The van der Waals surface area contributed by atoms with Crippen molar-refractivity contribution in [2.75, 3.05) is 0 Å². The second kappa shape index (κ2) is 12.4. The zero-order valence-electron chi connectivity index (χ0n) is 33.8. The number of thiophene rings is 1. The predicted octanol–water partition coefficient (Wildman–Crippen LogP) is 8.52. The van der Waals surface area contributed by atoms with Crippen LogP contribution in [0.5, 0.6) is 0 Å². The van der Waals surface area contributed by atoms with Crippen molar-refractivity contribution in [2.45, 2.75) is 47.1 Å². The van der Waals surface area contributed by atoms with Crippen LogP contribution in [-0.4, -0.2) is 32.6 Å². The fraction of sp³-hybridized carbons (Fsp3) is 0.222. The van der Waals surface area contributed by atoms with Gasteiger partial charge in [0.1, 0.15) is 4.83 Å². The van der Waals surface area contributed by atoms with Crippen molar-refractivity contribution in [1.82, 2.24) is 24.5 Å². The molecule has 5 heterocycles. The molecule has 8 heteroatoms. The summed E-state index contributed by atoms with van der Waals surface area (Å²) in [6.07, 6.45) is 3.68. The van der Waals surface area contributed by atoms with E-state index >= 15 is 0 Å². The van der Waals surface area contributed by atoms with Gasteiger partial charge < -0.3 is 9.55 Å². The maximum absolute atomic E-state index is 8.02. The van der Waals surface area contributed by atoms with Gasteiger partial charge in [0.05, 0.1) is 31.1 Å². The van der Waals surface area contributed by atoms with E-state index in [-0.39, 0.29) is 31.4 Å². The molecular weight excluding hydrogens is 755 g/mol. The normalized spacial score (nSPS) is 15.3. The average molecular weight is 799 g/mol. The molecule has 1 radical (unpaired) electrons. The van der Waals surface area contributed by atoms with Crippen LogP contribution in [0.1, 0.15) is 34.9 Å². The number of aromatic nitrogens is 5. The van der Waals surface area contributed by atoms with Gasteiger partial charge in [-0.15, -0.1) is 53.1 Å². The van der Waals surface area contributed by atoms with Crippen LogP contribution in [0.25, 0.3) is 54.0 Å². The van der Waals surface area contributed by atoms with Gasteiger partial charge in [-0.25, -0.2) is 4.98 Å². The molecule has 0 saturated heterocycles. The number of imidazole rings is 1. The third kappa shape index (κ3) is 6.17. The van der Waals surface area contributed by atoms with Crippen LogP contribution in [0.15, 0.2) is 67.0 Å². The third-order valence-corrected chi connectivity index (χ3v) is 10.4. The first-order chi connectivity index (χ1) is 24.1. The van der Waals surface area contributed by atoms with Gasteiger partial charge in [-0.3, -0.25) is 9.97 Å². The predicted molar refractivity (Wildman–Crippen MR) is 184 cm³/mol. The Morgan fingerprint density at radius 1 is 0.886 bits per heavy atom. The number of rotatable bonds is 3. The average Bonchev–Trinajstić information content (AvgIpc) is 3.60. The van der Waals surface area contributed by atoms with Crippen molar-refractivity contribution >= 4 is 55.9 Å². The maximum atomic E-state index is 8.02. The molecular formula is C36H35IrN5SSi-2. The van der Waals surface area contributed by atoms with E-state index in [0.717, 1.165) is 28.0 Å². The Hall–Kier alpha value is -3.55. The molecule has 7 rings (SSSR count). The molecule has 0 bridgehead atoms. The summed E-state index contributed by atoms with van der Waals surface area (Å²) in [7, 11) is 0.534. The molecule has 0 N–H and O–H groups in total. The third-order valence-electron chi connectivity index (χ3n) is 7.26. The van der Waals surface area contributed by atoms with Crippen LogP contribution >= 0.6 is 11.3 Å². The summed E-state index contributed by atoms with van der Waals surface area (Å²) in [5, 5.41) is 2.45. The Labute approximate surface area is 290 Å². The molecule has 7 aromatic rings. The van der Waals surface area contributed by atoms with E-state index in [1.165, 1.54) is 34.7 Å². The summed E-state index contributed by atoms with van der Waals surface area (Å²) in [4.78, 5) is 18.4. The molecule has 0 atom stereocenters. The van der Waals surface area contributed by atoms with Crippen molar-refractivity contribution in [3.05, 3.63) is 102 Å². The second-order valence-electron chi connectivity index (χ2n) is 11.4. The van der Waals surface area contributed by atoms with Gasteiger partial charge in [-0.1, -0.05) is 62.5 Å². The fourth-order valence-corrected chi connectivity index (χ4v) is 7.09. The van der Waals surface area contributed by atoms with Crippen molar-refractivity contribution in [3.63, 3.8) is 0 Å². The molecule has 0 fully saturated rings.